The number of amides is 1. The molecule has 0 atom stereocenters. The minimum atomic E-state index is -3.71. The van der Waals surface area contributed by atoms with Gasteiger partial charge in [-0.3, -0.25) is 9.69 Å². The van der Waals surface area contributed by atoms with E-state index in [0.717, 1.165) is 38.3 Å². The van der Waals surface area contributed by atoms with Gasteiger partial charge in [0.2, 0.25) is 10.0 Å². The molecule has 0 aromatic heterocycles. The number of likely N-dealkylation sites (N-methyl/N-ethyl adjacent to an activating group) is 1. The van der Waals surface area contributed by atoms with Gasteiger partial charge in [0, 0.05) is 52.4 Å². The first-order valence-electron chi connectivity index (χ1n) is 11.1. The van der Waals surface area contributed by atoms with Crippen LogP contribution >= 0.6 is 11.6 Å². The van der Waals surface area contributed by atoms with Gasteiger partial charge < -0.3 is 10.2 Å². The van der Waals surface area contributed by atoms with Gasteiger partial charge in [0.15, 0.2) is 0 Å². The molecule has 1 N–H and O–H groups in total. The number of halogens is 1. The maximum Gasteiger partial charge on any atom is 0.253 e. The van der Waals surface area contributed by atoms with E-state index >= 15 is 0 Å². The molecular formula is C24H33ClN4O3S. The second-order valence-electron chi connectivity index (χ2n) is 8.84. The minimum Gasteiger partial charge on any atom is -0.348 e. The molecular weight excluding hydrogens is 460 g/mol. The van der Waals surface area contributed by atoms with Crippen molar-refractivity contribution < 1.29 is 13.2 Å². The summed E-state index contributed by atoms with van der Waals surface area (Å²) in [5.74, 6) is -0.409. The van der Waals surface area contributed by atoms with Crippen LogP contribution in [0.25, 0.3) is 0 Å². The van der Waals surface area contributed by atoms with Gasteiger partial charge >= 0.3 is 0 Å². The number of rotatable bonds is 8. The monoisotopic (exact) mass is 492 g/mol. The van der Waals surface area contributed by atoms with E-state index in [1.165, 1.54) is 35.1 Å². The molecule has 3 rings (SSSR count). The van der Waals surface area contributed by atoms with Crippen LogP contribution in [0, 0.1) is 0 Å². The van der Waals surface area contributed by atoms with Crippen LogP contribution in [0.4, 0.5) is 0 Å². The summed E-state index contributed by atoms with van der Waals surface area (Å²) < 4.78 is 26.9. The van der Waals surface area contributed by atoms with Crippen molar-refractivity contribution >= 4 is 27.5 Å². The van der Waals surface area contributed by atoms with E-state index in [1.807, 2.05) is 12.1 Å². The molecule has 0 spiro atoms. The van der Waals surface area contributed by atoms with E-state index in [2.05, 4.69) is 34.3 Å². The molecule has 1 saturated heterocycles. The number of hydrogen-bond donors (Lipinski definition) is 1. The van der Waals surface area contributed by atoms with Crippen molar-refractivity contribution in [1.82, 2.24) is 19.4 Å². The predicted octanol–water partition coefficient (Wildman–Crippen LogP) is 3.05. The van der Waals surface area contributed by atoms with Gasteiger partial charge in [-0.2, -0.15) is 4.31 Å². The average molecular weight is 493 g/mol. The van der Waals surface area contributed by atoms with Gasteiger partial charge in [0.05, 0.1) is 15.5 Å². The first kappa shape index (κ1) is 25.6. The Hall–Kier alpha value is -1.97. The first-order valence-corrected chi connectivity index (χ1v) is 12.9. The number of nitrogens with zero attached hydrogens (tertiary/aromatic N) is 3. The molecule has 180 valence electrons. The van der Waals surface area contributed by atoms with Crippen molar-refractivity contribution in [2.45, 2.75) is 37.9 Å². The van der Waals surface area contributed by atoms with Gasteiger partial charge in [-0.15, -0.1) is 0 Å². The number of carbonyl (C=O) groups excluding carboxylic acids is 1. The van der Waals surface area contributed by atoms with E-state index < -0.39 is 15.9 Å². The molecule has 0 radical (unpaired) electrons. The van der Waals surface area contributed by atoms with Crippen LogP contribution in [0.15, 0.2) is 47.4 Å². The van der Waals surface area contributed by atoms with Crippen LogP contribution in [-0.4, -0.2) is 74.7 Å². The molecule has 1 amide bonds. The smallest absolute Gasteiger partial charge is 0.253 e. The van der Waals surface area contributed by atoms with Crippen LogP contribution in [0.1, 0.15) is 35.3 Å². The predicted molar refractivity (Wildman–Crippen MR) is 132 cm³/mol. The zero-order chi connectivity index (χ0) is 24.2. The molecule has 0 unspecified atom stereocenters. The van der Waals surface area contributed by atoms with Crippen LogP contribution in [0.3, 0.4) is 0 Å². The highest BCUT2D eigenvalue weighted by atomic mass is 35.5. The molecule has 0 bridgehead atoms. The van der Waals surface area contributed by atoms with E-state index in [0.29, 0.717) is 6.54 Å². The highest BCUT2D eigenvalue weighted by Crippen LogP contribution is 2.23. The second kappa shape index (κ2) is 11.0. The summed E-state index contributed by atoms with van der Waals surface area (Å²) in [6.07, 6.45) is 0. The SMILES string of the molecule is CC(C)N(C)S(=O)(=O)c1ccc(Cl)c(C(=O)NCc2cccc(CN3CCN(C)CC3)c2)c1. The lowest BCUT2D eigenvalue weighted by Crippen LogP contribution is -2.43. The Morgan fingerprint density at radius 1 is 1.09 bits per heavy atom. The molecule has 1 fully saturated rings. The number of piperazine rings is 1. The third-order valence-electron chi connectivity index (χ3n) is 6.03. The lowest BCUT2D eigenvalue weighted by atomic mass is 10.1. The fourth-order valence-electron chi connectivity index (χ4n) is 3.66. The van der Waals surface area contributed by atoms with E-state index in [-0.39, 0.29) is 21.5 Å². The van der Waals surface area contributed by atoms with Crippen molar-refractivity contribution in [1.29, 1.82) is 0 Å². The summed E-state index contributed by atoms with van der Waals surface area (Å²) in [6.45, 7) is 9.01. The number of carbonyl (C=O) groups is 1. The highest BCUT2D eigenvalue weighted by molar-refractivity contribution is 7.89. The molecule has 9 heteroatoms. The summed E-state index contributed by atoms with van der Waals surface area (Å²) in [5, 5.41) is 3.08. The van der Waals surface area contributed by atoms with Crippen LogP contribution in [-0.2, 0) is 23.1 Å². The van der Waals surface area contributed by atoms with Gasteiger partial charge in [0.25, 0.3) is 5.91 Å². The summed E-state index contributed by atoms with van der Waals surface area (Å²) in [4.78, 5) is 17.6. The normalized spacial score (nSPS) is 15.8. The zero-order valence-electron chi connectivity index (χ0n) is 19.7. The van der Waals surface area contributed by atoms with E-state index in [1.54, 1.807) is 13.8 Å². The minimum absolute atomic E-state index is 0.0439. The maximum absolute atomic E-state index is 12.8. The largest absolute Gasteiger partial charge is 0.348 e. The maximum atomic E-state index is 12.8. The number of hydrogen-bond acceptors (Lipinski definition) is 5. The Morgan fingerprint density at radius 3 is 2.42 bits per heavy atom. The lowest BCUT2D eigenvalue weighted by molar-refractivity contribution is 0.0951. The first-order chi connectivity index (χ1) is 15.6. The summed E-state index contributed by atoms with van der Waals surface area (Å²) in [5.41, 5.74) is 2.33. The van der Waals surface area contributed by atoms with Gasteiger partial charge in [0.1, 0.15) is 0 Å². The number of benzene rings is 2. The van der Waals surface area contributed by atoms with E-state index in [4.69, 9.17) is 11.6 Å². The van der Waals surface area contributed by atoms with Crippen LogP contribution in [0.5, 0.6) is 0 Å². The third-order valence-corrected chi connectivity index (χ3v) is 8.39. The molecule has 1 aliphatic rings. The van der Waals surface area contributed by atoms with Crippen molar-refractivity contribution in [2.24, 2.45) is 0 Å². The molecule has 7 nitrogen and oxygen atoms in total. The number of nitrogens with one attached hydrogen (secondary N) is 1. The van der Waals surface area contributed by atoms with Gasteiger partial charge in [-0.25, -0.2) is 8.42 Å². The topological polar surface area (TPSA) is 73.0 Å². The van der Waals surface area contributed by atoms with Crippen molar-refractivity contribution in [3.63, 3.8) is 0 Å². The Balaban J connectivity index is 1.67. The Bertz CT molecular complexity index is 1080. The molecule has 33 heavy (non-hydrogen) atoms. The van der Waals surface area contributed by atoms with Crippen LogP contribution < -0.4 is 5.32 Å². The van der Waals surface area contributed by atoms with Crippen molar-refractivity contribution in [3.8, 4) is 0 Å². The highest BCUT2D eigenvalue weighted by Gasteiger charge is 2.25. The van der Waals surface area contributed by atoms with Crippen molar-refractivity contribution in [3.05, 3.63) is 64.2 Å². The standard InChI is InChI=1S/C24H33ClN4O3S/c1-18(2)28(4)33(31,32)21-8-9-23(25)22(15-21)24(30)26-16-19-6-5-7-20(14-19)17-29-12-10-27(3)11-13-29/h5-9,14-15,18H,10-13,16-17H2,1-4H3,(H,26,30). The lowest BCUT2D eigenvalue weighted by Gasteiger charge is -2.32. The third kappa shape index (κ3) is 6.55. The molecule has 1 aliphatic heterocycles. The summed E-state index contributed by atoms with van der Waals surface area (Å²) >= 11 is 6.23. The fourth-order valence-corrected chi connectivity index (χ4v) is 5.26. The Labute approximate surface area is 202 Å². The van der Waals surface area contributed by atoms with Gasteiger partial charge in [-0.1, -0.05) is 35.9 Å². The summed E-state index contributed by atoms with van der Waals surface area (Å²) in [6, 6.07) is 12.2. The fraction of sp³-hybridized carbons (Fsp3) is 0.458. The Morgan fingerprint density at radius 2 is 1.76 bits per heavy atom. The van der Waals surface area contributed by atoms with Crippen molar-refractivity contribution in [2.75, 3.05) is 40.3 Å². The average Bonchev–Trinajstić information content (AvgIpc) is 2.78. The van der Waals surface area contributed by atoms with Crippen LogP contribution in [0.2, 0.25) is 5.02 Å². The zero-order valence-corrected chi connectivity index (χ0v) is 21.3. The second-order valence-corrected chi connectivity index (χ2v) is 11.2. The molecule has 2 aromatic carbocycles. The molecule has 2 aromatic rings. The quantitative estimate of drug-likeness (QED) is 0.613. The Kier molecular flexibility index (Phi) is 8.53. The number of sulfonamides is 1. The van der Waals surface area contributed by atoms with E-state index in [9.17, 15) is 13.2 Å². The molecule has 0 aliphatic carbocycles. The molecule has 0 saturated carbocycles. The molecule has 1 heterocycles. The summed E-state index contributed by atoms with van der Waals surface area (Å²) in [7, 11) is -0.0575. The van der Waals surface area contributed by atoms with Gasteiger partial charge in [-0.05, 0) is 50.2 Å².